The first kappa shape index (κ1) is 64.0. The Hall–Kier alpha value is -4.48. The lowest BCUT2D eigenvalue weighted by molar-refractivity contribution is 0.234. The predicted molar refractivity (Wildman–Crippen MR) is 312 cm³/mol. The lowest BCUT2D eigenvalue weighted by Gasteiger charge is -2.18. The van der Waals surface area contributed by atoms with Crippen LogP contribution in [0.15, 0.2) is 33.1 Å². The van der Waals surface area contributed by atoms with E-state index in [1.165, 1.54) is 154 Å². The van der Waals surface area contributed by atoms with Crippen LogP contribution in [0.4, 0.5) is 0 Å². The van der Waals surface area contributed by atoms with Crippen LogP contribution in [-0.2, 0) is 0 Å². The first-order chi connectivity index (χ1) is 37.6. The highest BCUT2D eigenvalue weighted by Gasteiger charge is 2.24. The molecule has 0 aliphatic heterocycles. The number of nitrogens with zero attached hydrogens (tertiary/aromatic N) is 4. The summed E-state index contributed by atoms with van der Waals surface area (Å²) in [5, 5.41) is 17.9. The van der Waals surface area contributed by atoms with E-state index in [1.54, 1.807) is 0 Å². The number of hydrogen-bond acceptors (Lipinski definition) is 12. The average molecular weight is 1060 g/mol. The lowest BCUT2D eigenvalue weighted by atomic mass is 10.1. The molecule has 76 heavy (non-hydrogen) atoms. The number of ether oxygens (including phenoxy) is 6. The zero-order valence-electron chi connectivity index (χ0n) is 49.1. The van der Waals surface area contributed by atoms with Crippen LogP contribution < -0.4 is 28.4 Å². The number of hydrogen-bond donors (Lipinski definition) is 0. The van der Waals surface area contributed by atoms with Gasteiger partial charge in [0.25, 0.3) is 0 Å². The molecule has 12 heteroatoms. The third-order valence-electron chi connectivity index (χ3n) is 14.1. The van der Waals surface area contributed by atoms with Crippen LogP contribution in [-0.4, -0.2) is 60.0 Å². The van der Waals surface area contributed by atoms with Gasteiger partial charge in [0.2, 0.25) is 23.3 Å². The largest absolute Gasteiger partial charge is 0.490 e. The molecule has 0 saturated carbocycles. The van der Waals surface area contributed by atoms with Crippen molar-refractivity contribution in [2.45, 2.75) is 273 Å². The van der Waals surface area contributed by atoms with E-state index in [9.17, 15) is 0 Å². The van der Waals surface area contributed by atoms with Crippen LogP contribution in [0, 0.1) is 0 Å². The Morgan fingerprint density at radius 2 is 0.447 bits per heavy atom. The molecular weight excluding hydrogens is 953 g/mol. The second kappa shape index (κ2) is 42.5. The summed E-state index contributed by atoms with van der Waals surface area (Å²) >= 11 is 0. The van der Waals surface area contributed by atoms with Gasteiger partial charge in [-0.1, -0.05) is 234 Å². The molecule has 0 radical (unpaired) electrons. The van der Waals surface area contributed by atoms with Crippen molar-refractivity contribution in [2.24, 2.45) is 0 Å². The third-order valence-corrected chi connectivity index (χ3v) is 14.1. The molecule has 4 aromatic rings. The fraction of sp³-hybridized carbons (Fsp3) is 0.750. The molecule has 0 aliphatic carbocycles. The van der Waals surface area contributed by atoms with E-state index in [0.29, 0.717) is 85.3 Å². The average Bonchev–Trinajstić information content (AvgIpc) is 4.15. The fourth-order valence-electron chi connectivity index (χ4n) is 9.34. The molecule has 0 fully saturated rings. The Morgan fingerprint density at radius 3 is 0.684 bits per heavy atom. The minimum atomic E-state index is 0.110. The molecular formula is C64H106N4O8. The first-order valence-corrected chi connectivity index (χ1v) is 31.4. The number of benzene rings is 2. The molecule has 0 N–H and O–H groups in total. The van der Waals surface area contributed by atoms with Crippen molar-refractivity contribution >= 4 is 0 Å². The summed E-state index contributed by atoms with van der Waals surface area (Å²) in [7, 11) is 0. The topological polar surface area (TPSA) is 133 Å². The van der Waals surface area contributed by atoms with Gasteiger partial charge < -0.3 is 37.3 Å². The van der Waals surface area contributed by atoms with Crippen molar-refractivity contribution < 1.29 is 37.3 Å². The van der Waals surface area contributed by atoms with Gasteiger partial charge in [0.1, 0.15) is 0 Å². The summed E-state index contributed by atoms with van der Waals surface area (Å²) in [5.74, 6) is 4.56. The zero-order chi connectivity index (χ0) is 53.9. The smallest absolute Gasteiger partial charge is 0.306 e. The molecule has 0 atom stereocenters. The van der Waals surface area contributed by atoms with Crippen LogP contribution in [0.3, 0.4) is 0 Å². The van der Waals surface area contributed by atoms with E-state index in [2.05, 4.69) is 61.9 Å². The van der Waals surface area contributed by atoms with Crippen molar-refractivity contribution in [3.8, 4) is 69.2 Å². The van der Waals surface area contributed by atoms with Gasteiger partial charge in [0.15, 0.2) is 23.0 Å². The van der Waals surface area contributed by atoms with Gasteiger partial charge in [-0.15, -0.1) is 20.4 Å². The standard InChI is InChI=1S/C64H106N4O8/c1-7-13-19-25-31-37-43-69-55-49-53(50-56(70-44-38-32-26-20-14-8-2)59(55)73-47-41-35-29-23-17-11-5)61-65-67-63(75-61)64-68-66-62(76-64)54-51-57(71-45-39-33-27-21-15-9-3)60(74-48-42-36-30-24-18-12-6)58(52-54)72-46-40-34-28-22-16-10-4/h49-52H,7-48H2,1-6H3. The Bertz CT molecular complexity index is 1800. The summed E-state index contributed by atoms with van der Waals surface area (Å²) < 4.78 is 52.2. The van der Waals surface area contributed by atoms with Crippen LogP contribution in [0.25, 0.3) is 34.7 Å². The van der Waals surface area contributed by atoms with E-state index in [4.69, 9.17) is 37.3 Å². The van der Waals surface area contributed by atoms with Crippen molar-refractivity contribution in [2.75, 3.05) is 39.6 Å². The molecule has 0 bridgehead atoms. The van der Waals surface area contributed by atoms with Crippen molar-refractivity contribution in [1.82, 2.24) is 20.4 Å². The van der Waals surface area contributed by atoms with Gasteiger partial charge in [-0.2, -0.15) is 0 Å². The van der Waals surface area contributed by atoms with Gasteiger partial charge in [-0.05, 0) is 62.8 Å². The molecule has 2 aromatic carbocycles. The van der Waals surface area contributed by atoms with Gasteiger partial charge in [0, 0.05) is 11.1 Å². The van der Waals surface area contributed by atoms with Crippen LogP contribution >= 0.6 is 0 Å². The molecule has 0 saturated heterocycles. The predicted octanol–water partition coefficient (Wildman–Crippen LogP) is 19.9. The van der Waals surface area contributed by atoms with Gasteiger partial charge >= 0.3 is 11.8 Å². The fourth-order valence-corrected chi connectivity index (χ4v) is 9.34. The third kappa shape index (κ3) is 26.2. The lowest BCUT2D eigenvalue weighted by Crippen LogP contribution is -2.07. The number of rotatable bonds is 51. The second-order valence-electron chi connectivity index (χ2n) is 21.1. The highest BCUT2D eigenvalue weighted by atomic mass is 16.5. The van der Waals surface area contributed by atoms with Gasteiger partial charge in [-0.3, -0.25) is 0 Å². The number of unbranched alkanes of at least 4 members (excludes halogenated alkanes) is 30. The zero-order valence-corrected chi connectivity index (χ0v) is 49.1. The summed E-state index contributed by atoms with van der Waals surface area (Å²) in [6, 6.07) is 7.77. The van der Waals surface area contributed by atoms with Crippen molar-refractivity contribution in [3.05, 3.63) is 24.3 Å². The van der Waals surface area contributed by atoms with Crippen molar-refractivity contribution in [3.63, 3.8) is 0 Å². The molecule has 12 nitrogen and oxygen atoms in total. The van der Waals surface area contributed by atoms with E-state index in [-0.39, 0.29) is 23.6 Å². The second-order valence-corrected chi connectivity index (χ2v) is 21.1. The maximum absolute atomic E-state index is 6.58. The monoisotopic (exact) mass is 1060 g/mol. The minimum Gasteiger partial charge on any atom is -0.490 e. The Morgan fingerprint density at radius 1 is 0.250 bits per heavy atom. The summed E-state index contributed by atoms with van der Waals surface area (Å²) in [5.41, 5.74) is 1.33. The van der Waals surface area contributed by atoms with E-state index < -0.39 is 0 Å². The summed E-state index contributed by atoms with van der Waals surface area (Å²) in [4.78, 5) is 0. The Kier molecular flexibility index (Phi) is 35.8. The Balaban J connectivity index is 1.64. The van der Waals surface area contributed by atoms with Crippen molar-refractivity contribution in [1.29, 1.82) is 0 Å². The molecule has 430 valence electrons. The summed E-state index contributed by atoms with van der Waals surface area (Å²) in [6.07, 6.45) is 42.2. The highest BCUT2D eigenvalue weighted by Crippen LogP contribution is 2.44. The summed E-state index contributed by atoms with van der Waals surface area (Å²) in [6.45, 7) is 17.0. The molecule has 0 aliphatic rings. The van der Waals surface area contributed by atoms with Gasteiger partial charge in [0.05, 0.1) is 39.6 Å². The van der Waals surface area contributed by atoms with Crippen LogP contribution in [0.5, 0.6) is 34.5 Å². The molecule has 2 heterocycles. The normalized spacial score (nSPS) is 11.4. The quantitative estimate of drug-likeness (QED) is 0.0390. The molecule has 2 aromatic heterocycles. The first-order valence-electron chi connectivity index (χ1n) is 31.4. The number of aromatic nitrogens is 4. The molecule has 0 unspecified atom stereocenters. The van der Waals surface area contributed by atoms with Gasteiger partial charge in [-0.25, -0.2) is 0 Å². The van der Waals surface area contributed by atoms with E-state index >= 15 is 0 Å². The van der Waals surface area contributed by atoms with Crippen LogP contribution in [0.2, 0.25) is 0 Å². The maximum Gasteiger partial charge on any atom is 0.306 e. The minimum absolute atomic E-state index is 0.110. The molecule has 0 spiro atoms. The van der Waals surface area contributed by atoms with E-state index in [1.807, 2.05) is 24.3 Å². The Labute approximate surface area is 461 Å². The van der Waals surface area contributed by atoms with Crippen LogP contribution in [0.1, 0.15) is 273 Å². The highest BCUT2D eigenvalue weighted by molar-refractivity contribution is 5.68. The maximum atomic E-state index is 6.58. The SMILES string of the molecule is CCCCCCCCOc1cc(-c2nnc(-c3nnc(-c4cc(OCCCCCCCC)c(OCCCCCCCC)c(OCCCCCCCC)c4)o3)o2)cc(OCCCCCCCC)c1OCCCCCCCC. The molecule has 4 rings (SSSR count). The van der Waals surface area contributed by atoms with E-state index in [0.717, 1.165) is 77.0 Å². The molecule has 0 amide bonds.